The molecule has 0 bridgehead atoms. The molecule has 0 aliphatic carbocycles. The Balaban J connectivity index is 3.40. The van der Waals surface area contributed by atoms with Crippen LogP contribution in [0.5, 0.6) is 0 Å². The average Bonchev–Trinajstić information content (AvgIpc) is 2.42. The van der Waals surface area contributed by atoms with Crippen LogP contribution in [-0.2, 0) is 23.9 Å². The van der Waals surface area contributed by atoms with Gasteiger partial charge in [-0.3, -0.25) is 9.59 Å². The minimum absolute atomic E-state index is 0.107. The van der Waals surface area contributed by atoms with Gasteiger partial charge in [0.1, 0.15) is 6.04 Å². The highest BCUT2D eigenvalue weighted by Crippen LogP contribution is 2.40. The molecule has 3 atom stereocenters. The number of amides is 1. The lowest BCUT2D eigenvalue weighted by molar-refractivity contribution is -0.161. The van der Waals surface area contributed by atoms with Crippen molar-refractivity contribution in [1.82, 2.24) is 4.90 Å². The molecule has 1 aliphatic rings. The number of carbonyl (C=O) groups is 3. The second-order valence-electron chi connectivity index (χ2n) is 6.18. The predicted molar refractivity (Wildman–Crippen MR) is 80.1 cm³/mol. The molecule has 0 aromatic heterocycles. The van der Waals surface area contributed by atoms with Gasteiger partial charge in [0.2, 0.25) is 5.91 Å². The Morgan fingerprint density at radius 3 is 1.95 bits per heavy atom. The van der Waals surface area contributed by atoms with E-state index in [1.165, 1.54) is 26.0 Å². The van der Waals surface area contributed by atoms with Gasteiger partial charge in [-0.25, -0.2) is 4.79 Å². The molecule has 1 amide bonds. The van der Waals surface area contributed by atoms with Gasteiger partial charge in [0, 0.05) is 13.1 Å². The van der Waals surface area contributed by atoms with Crippen LogP contribution in [0.3, 0.4) is 0 Å². The summed E-state index contributed by atoms with van der Waals surface area (Å²) in [4.78, 5) is 37.4. The van der Waals surface area contributed by atoms with E-state index in [-0.39, 0.29) is 11.4 Å². The molecule has 0 unspecified atom stereocenters. The molecular formula is C14H23NO5Si. The monoisotopic (exact) mass is 313 g/mol. The lowest BCUT2D eigenvalue weighted by atomic mass is 9.91. The van der Waals surface area contributed by atoms with Crippen LogP contribution in [0.25, 0.3) is 0 Å². The lowest BCUT2D eigenvalue weighted by Gasteiger charge is -2.42. The number of hydrogen-bond donors (Lipinski definition) is 0. The summed E-state index contributed by atoms with van der Waals surface area (Å²) >= 11 is 0. The van der Waals surface area contributed by atoms with Crippen molar-refractivity contribution in [3.05, 3.63) is 12.3 Å². The molecule has 21 heavy (non-hydrogen) atoms. The minimum atomic E-state index is -1.80. The maximum atomic E-state index is 12.2. The minimum Gasteiger partial charge on any atom is -0.469 e. The molecule has 0 saturated heterocycles. The summed E-state index contributed by atoms with van der Waals surface area (Å²) in [5.74, 6) is -2.14. The maximum Gasteiger partial charge on any atom is 0.329 e. The first-order chi connectivity index (χ1) is 9.65. The van der Waals surface area contributed by atoms with Crippen molar-refractivity contribution in [3.63, 3.8) is 0 Å². The standard InChI is InChI=1S/C14H23NO5Si/c1-9(16)15-8-7-10(21(4,5)6)11(13(17)19-2)12(15)14(18)20-3/h7-8,10-12H,1-6H3/t10-,11+,12-/m0/s1. The molecule has 7 heteroatoms. The van der Waals surface area contributed by atoms with Gasteiger partial charge in [0.05, 0.1) is 28.2 Å². The smallest absolute Gasteiger partial charge is 0.329 e. The summed E-state index contributed by atoms with van der Waals surface area (Å²) in [5, 5.41) is 0. The molecule has 1 heterocycles. The Hall–Kier alpha value is -1.63. The van der Waals surface area contributed by atoms with Gasteiger partial charge in [-0.2, -0.15) is 0 Å². The van der Waals surface area contributed by atoms with E-state index >= 15 is 0 Å². The van der Waals surface area contributed by atoms with Gasteiger partial charge >= 0.3 is 11.9 Å². The van der Waals surface area contributed by atoms with Crippen molar-refractivity contribution in [3.8, 4) is 0 Å². The third kappa shape index (κ3) is 3.52. The Morgan fingerprint density at radius 1 is 1.05 bits per heavy atom. The molecule has 0 saturated carbocycles. The molecule has 1 aliphatic heterocycles. The van der Waals surface area contributed by atoms with Crippen molar-refractivity contribution in [2.75, 3.05) is 14.2 Å². The number of esters is 2. The van der Waals surface area contributed by atoms with Crippen LogP contribution in [-0.4, -0.2) is 51.1 Å². The van der Waals surface area contributed by atoms with Gasteiger partial charge in [-0.15, -0.1) is 0 Å². The van der Waals surface area contributed by atoms with Gasteiger partial charge < -0.3 is 14.4 Å². The zero-order valence-electron chi connectivity index (χ0n) is 13.4. The normalized spacial score (nSPS) is 25.4. The molecule has 6 nitrogen and oxygen atoms in total. The largest absolute Gasteiger partial charge is 0.469 e. The van der Waals surface area contributed by atoms with E-state index in [2.05, 4.69) is 19.6 Å². The van der Waals surface area contributed by atoms with Crippen LogP contribution >= 0.6 is 0 Å². The zero-order chi connectivity index (χ0) is 16.4. The molecular weight excluding hydrogens is 290 g/mol. The molecule has 0 aromatic rings. The van der Waals surface area contributed by atoms with Crippen LogP contribution < -0.4 is 0 Å². The highest BCUT2D eigenvalue weighted by molar-refractivity contribution is 6.78. The van der Waals surface area contributed by atoms with E-state index in [0.717, 1.165) is 0 Å². The predicted octanol–water partition coefficient (Wildman–Crippen LogP) is 1.40. The summed E-state index contributed by atoms with van der Waals surface area (Å²) in [6, 6.07) is -0.971. The van der Waals surface area contributed by atoms with Crippen LogP contribution in [0.4, 0.5) is 0 Å². The van der Waals surface area contributed by atoms with Gasteiger partial charge in [0.15, 0.2) is 0 Å². The summed E-state index contributed by atoms with van der Waals surface area (Å²) < 4.78 is 9.67. The summed E-state index contributed by atoms with van der Waals surface area (Å²) in [5.41, 5.74) is -0.107. The van der Waals surface area contributed by atoms with Gasteiger partial charge in [0.25, 0.3) is 0 Å². The number of carbonyl (C=O) groups excluding carboxylic acids is 3. The van der Waals surface area contributed by atoms with Crippen LogP contribution in [0.1, 0.15) is 6.92 Å². The molecule has 118 valence electrons. The van der Waals surface area contributed by atoms with E-state index in [1.807, 2.05) is 6.08 Å². The third-order valence-electron chi connectivity index (χ3n) is 3.76. The van der Waals surface area contributed by atoms with E-state index in [4.69, 9.17) is 9.47 Å². The van der Waals surface area contributed by atoms with Gasteiger partial charge in [-0.05, 0) is 5.54 Å². The first-order valence-electron chi connectivity index (χ1n) is 6.78. The van der Waals surface area contributed by atoms with E-state index in [1.54, 1.807) is 6.20 Å². The van der Waals surface area contributed by atoms with Crippen molar-refractivity contribution in [2.24, 2.45) is 5.92 Å². The number of rotatable bonds is 3. The molecule has 1 rings (SSSR count). The van der Waals surface area contributed by atoms with Crippen molar-refractivity contribution < 1.29 is 23.9 Å². The average molecular weight is 313 g/mol. The second-order valence-corrected chi connectivity index (χ2v) is 11.6. The fourth-order valence-corrected chi connectivity index (χ4v) is 4.75. The van der Waals surface area contributed by atoms with Crippen LogP contribution in [0, 0.1) is 5.92 Å². The summed E-state index contributed by atoms with van der Waals surface area (Å²) in [6.45, 7) is 7.67. The van der Waals surface area contributed by atoms with E-state index in [9.17, 15) is 14.4 Å². The second kappa shape index (κ2) is 6.42. The maximum absolute atomic E-state index is 12.2. The number of allylic oxidation sites excluding steroid dienone is 1. The SMILES string of the molecule is COC(=O)[C@H]1[C@@H](C(=O)OC)N(C(C)=O)C=C[C@@H]1[Si](C)(C)C. The molecule has 0 N–H and O–H groups in total. The summed E-state index contributed by atoms with van der Waals surface area (Å²) in [7, 11) is 0.736. The third-order valence-corrected chi connectivity index (χ3v) is 6.31. The first kappa shape index (κ1) is 17.4. The highest BCUT2D eigenvalue weighted by atomic mass is 28.3. The Morgan fingerprint density at radius 2 is 1.57 bits per heavy atom. The van der Waals surface area contributed by atoms with Crippen LogP contribution in [0.15, 0.2) is 12.3 Å². The van der Waals surface area contributed by atoms with Gasteiger partial charge in [-0.1, -0.05) is 25.7 Å². The lowest BCUT2D eigenvalue weighted by Crippen LogP contribution is -2.55. The van der Waals surface area contributed by atoms with E-state index < -0.39 is 32.0 Å². The first-order valence-corrected chi connectivity index (χ1v) is 10.4. The Labute approximate surface area is 126 Å². The van der Waals surface area contributed by atoms with Crippen molar-refractivity contribution in [1.29, 1.82) is 0 Å². The number of hydrogen-bond acceptors (Lipinski definition) is 5. The Bertz CT molecular complexity index is 468. The number of methoxy groups -OCH3 is 2. The van der Waals surface area contributed by atoms with Crippen molar-refractivity contribution in [2.45, 2.75) is 38.1 Å². The topological polar surface area (TPSA) is 72.9 Å². The van der Waals surface area contributed by atoms with Crippen molar-refractivity contribution >= 4 is 25.9 Å². The molecule has 0 radical (unpaired) electrons. The molecule has 0 spiro atoms. The quantitative estimate of drug-likeness (QED) is 0.582. The highest BCUT2D eigenvalue weighted by Gasteiger charge is 2.50. The summed E-state index contributed by atoms with van der Waals surface area (Å²) in [6.07, 6.45) is 3.43. The number of ether oxygens (including phenoxy) is 2. The van der Waals surface area contributed by atoms with Crippen LogP contribution in [0.2, 0.25) is 25.2 Å². The van der Waals surface area contributed by atoms with E-state index in [0.29, 0.717) is 0 Å². The fraction of sp³-hybridized carbons (Fsp3) is 0.643. The fourth-order valence-electron chi connectivity index (χ4n) is 2.69. The Kier molecular flexibility index (Phi) is 5.33. The molecule has 0 fully saturated rings. The number of nitrogens with zero attached hydrogens (tertiary/aromatic N) is 1. The molecule has 0 aromatic carbocycles. The zero-order valence-corrected chi connectivity index (χ0v) is 14.4.